The van der Waals surface area contributed by atoms with E-state index in [0.717, 1.165) is 0 Å². The van der Waals surface area contributed by atoms with E-state index in [1.165, 1.54) is 382 Å². The molecule has 0 spiro atoms. The summed E-state index contributed by atoms with van der Waals surface area (Å²) in [5.41, 5.74) is 0. The molecule has 398 valence electrons. The number of nitrogens with zero attached hydrogens (tertiary/aromatic N) is 2. The van der Waals surface area contributed by atoms with Crippen LogP contribution < -0.4 is 0 Å². The van der Waals surface area contributed by atoms with Gasteiger partial charge in [0.2, 0.25) is 0 Å². The van der Waals surface area contributed by atoms with Crippen LogP contribution in [0.3, 0.4) is 0 Å². The lowest BCUT2D eigenvalue weighted by Crippen LogP contribution is -2.46. The molecule has 66 heavy (non-hydrogen) atoms. The monoisotopic (exact) mass is 931 g/mol. The summed E-state index contributed by atoms with van der Waals surface area (Å²) in [5, 5.41) is 0. The second-order valence-electron chi connectivity index (χ2n) is 23.6. The highest BCUT2D eigenvalue weighted by molar-refractivity contribution is 4.56. The summed E-state index contributed by atoms with van der Waals surface area (Å²) in [4.78, 5) is 0. The number of quaternary nitrogens is 2. The van der Waals surface area contributed by atoms with Crippen molar-refractivity contribution in [3.63, 3.8) is 0 Å². The standard InChI is InChI=1S/C64H134N2/c1-7-11-15-19-23-27-35-41-47-53-59-65(5,60-54-48-42-36-28-24-20-16-12-8-2)63-57-51-45-39-33-31-32-34-40-46-52-58-64-66(6,61-55-49-43-37-29-25-21-17-13-9-3)62-56-50-44-38-30-26-22-18-14-10-4/h7-64H2,1-6H3/q+2. The van der Waals surface area contributed by atoms with Crippen molar-refractivity contribution in [3.05, 3.63) is 0 Å². The van der Waals surface area contributed by atoms with Crippen molar-refractivity contribution >= 4 is 0 Å². The Kier molecular flexibility index (Phi) is 54.2. The van der Waals surface area contributed by atoms with Gasteiger partial charge in [0.15, 0.2) is 0 Å². The molecule has 0 amide bonds. The summed E-state index contributed by atoms with van der Waals surface area (Å²) in [7, 11) is 5.27. The first-order valence-corrected chi connectivity index (χ1v) is 32.1. The third kappa shape index (κ3) is 50.3. The maximum Gasteiger partial charge on any atom is 0.0784 e. The average Bonchev–Trinajstić information content (AvgIpc) is 3.31. The summed E-state index contributed by atoms with van der Waals surface area (Å²) in [5.74, 6) is 0. The molecule has 0 aromatic rings. The summed E-state index contributed by atoms with van der Waals surface area (Å²) in [6.07, 6.45) is 76.1. The van der Waals surface area contributed by atoms with Crippen LogP contribution in [0.15, 0.2) is 0 Å². The Morgan fingerprint density at radius 1 is 0.136 bits per heavy atom. The summed E-state index contributed by atoms with van der Waals surface area (Å²) in [6, 6.07) is 0. The highest BCUT2D eigenvalue weighted by atomic mass is 15.3. The van der Waals surface area contributed by atoms with Gasteiger partial charge in [-0.05, 0) is 77.0 Å². The molecule has 0 N–H and O–H groups in total. The van der Waals surface area contributed by atoms with E-state index in [2.05, 4.69) is 41.8 Å². The van der Waals surface area contributed by atoms with Crippen molar-refractivity contribution in [1.82, 2.24) is 0 Å². The van der Waals surface area contributed by atoms with Crippen LogP contribution in [0.2, 0.25) is 0 Å². The van der Waals surface area contributed by atoms with Crippen molar-refractivity contribution in [2.75, 3.05) is 53.4 Å². The largest absolute Gasteiger partial charge is 0.326 e. The zero-order valence-corrected chi connectivity index (χ0v) is 47.9. The van der Waals surface area contributed by atoms with Crippen LogP contribution in [-0.2, 0) is 0 Å². The fraction of sp³-hybridized carbons (Fsp3) is 1.00. The van der Waals surface area contributed by atoms with E-state index in [0.29, 0.717) is 0 Å². The molecule has 0 saturated carbocycles. The molecule has 0 aliphatic carbocycles. The molecule has 2 heteroatoms. The average molecular weight is 932 g/mol. The normalized spacial score (nSPS) is 12.3. The Labute approximate surface area is 422 Å². The Morgan fingerprint density at radius 3 is 0.333 bits per heavy atom. The second kappa shape index (κ2) is 54.3. The molecule has 0 radical (unpaired) electrons. The Hall–Kier alpha value is -0.0800. The van der Waals surface area contributed by atoms with Gasteiger partial charge in [-0.15, -0.1) is 0 Å². The molecule has 0 atom stereocenters. The molecular weight excluding hydrogens is 797 g/mol. The van der Waals surface area contributed by atoms with Crippen molar-refractivity contribution in [3.8, 4) is 0 Å². The molecule has 0 aromatic carbocycles. The summed E-state index contributed by atoms with van der Waals surface area (Å²) >= 11 is 0. The topological polar surface area (TPSA) is 0 Å². The van der Waals surface area contributed by atoms with Gasteiger partial charge in [-0.2, -0.15) is 0 Å². The van der Waals surface area contributed by atoms with Crippen molar-refractivity contribution in [2.45, 2.75) is 362 Å². The van der Waals surface area contributed by atoms with Crippen LogP contribution in [0.1, 0.15) is 362 Å². The third-order valence-electron chi connectivity index (χ3n) is 16.4. The minimum atomic E-state index is 1.37. The quantitative estimate of drug-likeness (QED) is 0.0421. The van der Waals surface area contributed by atoms with Crippen LogP contribution in [-0.4, -0.2) is 62.3 Å². The van der Waals surface area contributed by atoms with E-state index in [1.807, 2.05) is 0 Å². The molecular formula is C64H134N2+2. The van der Waals surface area contributed by atoms with Gasteiger partial charge < -0.3 is 8.97 Å². The maximum atomic E-state index is 2.64. The molecule has 0 aliphatic heterocycles. The van der Waals surface area contributed by atoms with E-state index in [1.54, 1.807) is 0 Å². The molecule has 0 heterocycles. The number of hydrogen-bond acceptors (Lipinski definition) is 0. The molecule has 0 fully saturated rings. The molecule has 0 saturated heterocycles. The maximum absolute atomic E-state index is 2.64. The molecule has 2 nitrogen and oxygen atoms in total. The van der Waals surface area contributed by atoms with E-state index in [4.69, 9.17) is 0 Å². The SMILES string of the molecule is CCCCCCCCCCCC[N+](C)(CCCCCCCCCCCC)CCCCCCCCCCCCCC[N+](C)(CCCCCCCCCCCC)CCCCCCCCCCCC. The van der Waals surface area contributed by atoms with Gasteiger partial charge >= 0.3 is 0 Å². The van der Waals surface area contributed by atoms with Gasteiger partial charge in [0.25, 0.3) is 0 Å². The van der Waals surface area contributed by atoms with E-state index in [9.17, 15) is 0 Å². The Morgan fingerprint density at radius 2 is 0.227 bits per heavy atom. The number of rotatable bonds is 59. The molecule has 0 aromatic heterocycles. The predicted molar refractivity (Wildman–Crippen MR) is 304 cm³/mol. The van der Waals surface area contributed by atoms with Crippen LogP contribution >= 0.6 is 0 Å². The minimum Gasteiger partial charge on any atom is -0.326 e. The van der Waals surface area contributed by atoms with Crippen LogP contribution in [0.25, 0.3) is 0 Å². The first kappa shape index (κ1) is 65.9. The van der Waals surface area contributed by atoms with Gasteiger partial charge in [0, 0.05) is 0 Å². The lowest BCUT2D eigenvalue weighted by molar-refractivity contribution is -0.910. The van der Waals surface area contributed by atoms with Crippen molar-refractivity contribution in [1.29, 1.82) is 0 Å². The molecule has 0 aliphatic rings. The van der Waals surface area contributed by atoms with Gasteiger partial charge in [0.05, 0.1) is 53.4 Å². The van der Waals surface area contributed by atoms with Gasteiger partial charge in [-0.3, -0.25) is 0 Å². The third-order valence-corrected chi connectivity index (χ3v) is 16.4. The molecule has 0 bridgehead atoms. The number of unbranched alkanes of at least 4 members (excludes halogenated alkanes) is 47. The lowest BCUT2D eigenvalue weighted by Gasteiger charge is -2.35. The predicted octanol–water partition coefficient (Wildman–Crippen LogP) is 22.2. The molecule has 0 unspecified atom stereocenters. The van der Waals surface area contributed by atoms with Crippen LogP contribution in [0.5, 0.6) is 0 Å². The number of hydrogen-bond donors (Lipinski definition) is 0. The van der Waals surface area contributed by atoms with Gasteiger partial charge in [0.1, 0.15) is 0 Å². The highest BCUT2D eigenvalue weighted by Crippen LogP contribution is 2.21. The summed E-state index contributed by atoms with van der Waals surface area (Å²) < 4.78 is 2.73. The van der Waals surface area contributed by atoms with Gasteiger partial charge in [-0.25, -0.2) is 0 Å². The van der Waals surface area contributed by atoms with Crippen LogP contribution in [0.4, 0.5) is 0 Å². The van der Waals surface area contributed by atoms with E-state index < -0.39 is 0 Å². The first-order valence-electron chi connectivity index (χ1n) is 32.1. The molecule has 0 rings (SSSR count). The second-order valence-corrected chi connectivity index (χ2v) is 23.6. The van der Waals surface area contributed by atoms with Gasteiger partial charge in [-0.1, -0.05) is 285 Å². The zero-order valence-electron chi connectivity index (χ0n) is 47.9. The van der Waals surface area contributed by atoms with E-state index >= 15 is 0 Å². The zero-order chi connectivity index (χ0) is 48.0. The van der Waals surface area contributed by atoms with Crippen LogP contribution in [0, 0.1) is 0 Å². The minimum absolute atomic E-state index is 1.37. The fourth-order valence-electron chi connectivity index (χ4n) is 11.3. The summed E-state index contributed by atoms with van der Waals surface area (Å²) in [6.45, 7) is 17.9. The van der Waals surface area contributed by atoms with Crippen molar-refractivity contribution < 1.29 is 8.97 Å². The first-order chi connectivity index (χ1) is 32.4. The lowest BCUT2D eigenvalue weighted by atomic mass is 10.0. The Bertz CT molecular complexity index is 749. The van der Waals surface area contributed by atoms with E-state index in [-0.39, 0.29) is 0 Å². The smallest absolute Gasteiger partial charge is 0.0784 e. The highest BCUT2D eigenvalue weighted by Gasteiger charge is 2.21. The Balaban J connectivity index is 4.33. The van der Waals surface area contributed by atoms with Crippen molar-refractivity contribution in [2.24, 2.45) is 0 Å². The fourth-order valence-corrected chi connectivity index (χ4v) is 11.3.